The van der Waals surface area contributed by atoms with Crippen LogP contribution in [-0.4, -0.2) is 21.9 Å². The lowest BCUT2D eigenvalue weighted by atomic mass is 10.2. The molecule has 0 aliphatic rings. The van der Waals surface area contributed by atoms with E-state index in [1.165, 1.54) is 24.3 Å². The average Bonchev–Trinajstić information content (AvgIpc) is 2.63. The van der Waals surface area contributed by atoms with Gasteiger partial charge >= 0.3 is 0 Å². The number of amides is 2. The Morgan fingerprint density at radius 2 is 1.69 bits per heavy atom. The van der Waals surface area contributed by atoms with E-state index in [0.29, 0.717) is 17.8 Å². The Morgan fingerprint density at radius 3 is 2.27 bits per heavy atom. The van der Waals surface area contributed by atoms with Gasteiger partial charge < -0.3 is 10.6 Å². The van der Waals surface area contributed by atoms with Gasteiger partial charge in [0.2, 0.25) is 5.91 Å². The fourth-order valence-electron chi connectivity index (χ4n) is 1.98. The molecule has 0 radical (unpaired) electrons. The molecule has 0 aliphatic heterocycles. The number of benzene rings is 2. The third-order valence-electron chi connectivity index (χ3n) is 3.29. The highest BCUT2D eigenvalue weighted by atomic mass is 32.1. The van der Waals surface area contributed by atoms with E-state index < -0.39 is 10.8 Å². The number of thiocarbonyl (C=S) groups is 1. The smallest absolute Gasteiger partial charge is 0.270 e. The van der Waals surface area contributed by atoms with E-state index in [-0.39, 0.29) is 22.3 Å². The van der Waals surface area contributed by atoms with Crippen LogP contribution in [0.1, 0.15) is 23.7 Å². The lowest BCUT2D eigenvalue weighted by Gasteiger charge is -2.10. The summed E-state index contributed by atoms with van der Waals surface area (Å²) in [6.45, 7) is 1.76. The van der Waals surface area contributed by atoms with Gasteiger partial charge in [0.05, 0.1) is 4.92 Å². The Hall–Kier alpha value is -3.33. The number of non-ortho nitro benzene ring substituents is 1. The van der Waals surface area contributed by atoms with Gasteiger partial charge in [0, 0.05) is 35.5 Å². The molecule has 2 amide bonds. The number of nitro groups is 1. The molecule has 0 saturated carbocycles. The number of nitrogens with zero attached hydrogens (tertiary/aromatic N) is 1. The normalized spacial score (nSPS) is 9.88. The third kappa shape index (κ3) is 5.35. The third-order valence-corrected chi connectivity index (χ3v) is 3.50. The SMILES string of the molecule is CCC(=O)Nc1ccc(NC(=S)NC(=O)c2cccc([N+](=O)[O-])c2)cc1. The number of anilines is 2. The van der Waals surface area contributed by atoms with Crippen molar-refractivity contribution in [1.29, 1.82) is 0 Å². The van der Waals surface area contributed by atoms with Crippen molar-refractivity contribution in [2.45, 2.75) is 13.3 Å². The second-order valence-electron chi connectivity index (χ2n) is 5.19. The largest absolute Gasteiger partial charge is 0.332 e. The van der Waals surface area contributed by atoms with Gasteiger partial charge in [0.1, 0.15) is 0 Å². The summed E-state index contributed by atoms with van der Waals surface area (Å²) in [4.78, 5) is 33.6. The van der Waals surface area contributed by atoms with Crippen LogP contribution in [0.15, 0.2) is 48.5 Å². The van der Waals surface area contributed by atoms with Crippen molar-refractivity contribution < 1.29 is 14.5 Å². The van der Waals surface area contributed by atoms with Gasteiger partial charge in [-0.15, -0.1) is 0 Å². The van der Waals surface area contributed by atoms with Gasteiger partial charge in [0.25, 0.3) is 11.6 Å². The molecule has 0 aliphatic carbocycles. The van der Waals surface area contributed by atoms with Crippen molar-refractivity contribution in [3.8, 4) is 0 Å². The molecule has 26 heavy (non-hydrogen) atoms. The lowest BCUT2D eigenvalue weighted by Crippen LogP contribution is -2.34. The standard InChI is InChI=1S/C17H16N4O4S/c1-2-15(22)18-12-6-8-13(9-7-12)19-17(26)20-16(23)11-4-3-5-14(10-11)21(24)25/h3-10H,2H2,1H3,(H,18,22)(H2,19,20,23,26). The Kier molecular flexibility index (Phi) is 6.34. The first-order valence-electron chi connectivity index (χ1n) is 7.65. The van der Waals surface area contributed by atoms with E-state index in [1.807, 2.05) is 0 Å². The molecular formula is C17H16N4O4S. The first-order chi connectivity index (χ1) is 12.4. The van der Waals surface area contributed by atoms with Gasteiger partial charge in [-0.25, -0.2) is 0 Å². The summed E-state index contributed by atoms with van der Waals surface area (Å²) in [6.07, 6.45) is 0.383. The number of rotatable bonds is 5. The topological polar surface area (TPSA) is 113 Å². The summed E-state index contributed by atoms with van der Waals surface area (Å²) in [6, 6.07) is 12.1. The van der Waals surface area contributed by atoms with Crippen molar-refractivity contribution in [3.05, 3.63) is 64.2 Å². The lowest BCUT2D eigenvalue weighted by molar-refractivity contribution is -0.384. The minimum atomic E-state index is -0.577. The summed E-state index contributed by atoms with van der Waals surface area (Å²) in [5.74, 6) is -0.650. The van der Waals surface area contributed by atoms with Crippen LogP contribution in [0.2, 0.25) is 0 Å². The summed E-state index contributed by atoms with van der Waals surface area (Å²) in [5.41, 5.74) is 1.21. The number of carbonyl (C=O) groups excluding carboxylic acids is 2. The molecule has 0 fully saturated rings. The highest BCUT2D eigenvalue weighted by Gasteiger charge is 2.12. The van der Waals surface area contributed by atoms with Crippen molar-refractivity contribution in [3.63, 3.8) is 0 Å². The fraction of sp³-hybridized carbons (Fsp3) is 0.118. The Morgan fingerprint density at radius 1 is 1.08 bits per heavy atom. The van der Waals surface area contributed by atoms with E-state index in [0.717, 1.165) is 0 Å². The van der Waals surface area contributed by atoms with E-state index in [1.54, 1.807) is 31.2 Å². The molecule has 0 saturated heterocycles. The average molecular weight is 372 g/mol. The quantitative estimate of drug-likeness (QED) is 0.422. The summed E-state index contributed by atoms with van der Waals surface area (Å²) in [5, 5.41) is 18.8. The van der Waals surface area contributed by atoms with Crippen LogP contribution >= 0.6 is 12.2 Å². The molecule has 0 spiro atoms. The molecule has 134 valence electrons. The van der Waals surface area contributed by atoms with Crippen molar-refractivity contribution in [2.24, 2.45) is 0 Å². The number of hydrogen-bond donors (Lipinski definition) is 3. The van der Waals surface area contributed by atoms with E-state index >= 15 is 0 Å². The van der Waals surface area contributed by atoms with Crippen LogP contribution < -0.4 is 16.0 Å². The monoisotopic (exact) mass is 372 g/mol. The molecule has 2 rings (SSSR count). The second kappa shape index (κ2) is 8.67. The Balaban J connectivity index is 1.95. The summed E-state index contributed by atoms with van der Waals surface area (Å²) < 4.78 is 0. The predicted octanol–water partition coefficient (Wildman–Crippen LogP) is 3.07. The number of nitrogens with one attached hydrogen (secondary N) is 3. The second-order valence-corrected chi connectivity index (χ2v) is 5.60. The number of nitro benzene ring substituents is 1. The van der Waals surface area contributed by atoms with Gasteiger partial charge in [-0.05, 0) is 42.5 Å². The van der Waals surface area contributed by atoms with Gasteiger partial charge in [-0.3, -0.25) is 25.0 Å². The zero-order valence-electron chi connectivity index (χ0n) is 13.8. The first kappa shape index (κ1) is 19.0. The summed E-state index contributed by atoms with van der Waals surface area (Å²) in [7, 11) is 0. The maximum Gasteiger partial charge on any atom is 0.270 e. The zero-order chi connectivity index (χ0) is 19.1. The van der Waals surface area contributed by atoms with Crippen LogP contribution in [0.5, 0.6) is 0 Å². The highest BCUT2D eigenvalue weighted by molar-refractivity contribution is 7.80. The van der Waals surface area contributed by atoms with E-state index in [9.17, 15) is 19.7 Å². The molecule has 0 bridgehead atoms. The Labute approximate surface area is 154 Å². The van der Waals surface area contributed by atoms with Crippen LogP contribution in [0.3, 0.4) is 0 Å². The van der Waals surface area contributed by atoms with E-state index in [2.05, 4.69) is 16.0 Å². The molecule has 8 nitrogen and oxygen atoms in total. The first-order valence-corrected chi connectivity index (χ1v) is 8.06. The molecule has 9 heteroatoms. The molecular weight excluding hydrogens is 356 g/mol. The van der Waals surface area contributed by atoms with Crippen molar-refractivity contribution >= 4 is 46.2 Å². The predicted molar refractivity (Wildman–Crippen MR) is 102 cm³/mol. The number of carbonyl (C=O) groups is 2. The molecule has 0 aromatic heterocycles. The number of hydrogen-bond acceptors (Lipinski definition) is 5. The van der Waals surface area contributed by atoms with Crippen LogP contribution in [-0.2, 0) is 4.79 Å². The zero-order valence-corrected chi connectivity index (χ0v) is 14.6. The van der Waals surface area contributed by atoms with Crippen molar-refractivity contribution in [2.75, 3.05) is 10.6 Å². The fourth-order valence-corrected chi connectivity index (χ4v) is 2.20. The Bertz CT molecular complexity index is 852. The minimum Gasteiger partial charge on any atom is -0.332 e. The molecule has 2 aromatic rings. The van der Waals surface area contributed by atoms with Crippen LogP contribution in [0.25, 0.3) is 0 Å². The molecule has 3 N–H and O–H groups in total. The van der Waals surface area contributed by atoms with Crippen LogP contribution in [0.4, 0.5) is 17.1 Å². The minimum absolute atomic E-state index is 0.0480. The maximum absolute atomic E-state index is 12.1. The molecule has 0 unspecified atom stereocenters. The van der Waals surface area contributed by atoms with Crippen molar-refractivity contribution in [1.82, 2.24) is 5.32 Å². The maximum atomic E-state index is 12.1. The molecule has 0 heterocycles. The van der Waals surface area contributed by atoms with Gasteiger partial charge in [-0.2, -0.15) is 0 Å². The van der Waals surface area contributed by atoms with Crippen LogP contribution in [0, 0.1) is 10.1 Å². The highest BCUT2D eigenvalue weighted by Crippen LogP contribution is 2.15. The van der Waals surface area contributed by atoms with Gasteiger partial charge in [0.15, 0.2) is 5.11 Å². The van der Waals surface area contributed by atoms with E-state index in [4.69, 9.17) is 12.2 Å². The van der Waals surface area contributed by atoms with Gasteiger partial charge in [-0.1, -0.05) is 13.0 Å². The summed E-state index contributed by atoms with van der Waals surface area (Å²) >= 11 is 5.07. The molecule has 0 atom stereocenters. The molecule has 2 aromatic carbocycles.